The number of hydrogen-bond donors (Lipinski definition) is 0. The molecular formula is C79H62GeN5OPt-3. The quantitative estimate of drug-likeness (QED) is 0.107. The Kier molecular flexibility index (Phi) is 14.0. The first kappa shape index (κ1) is 55.7. The summed E-state index contributed by atoms with van der Waals surface area (Å²) in [6.07, 6.45) is 3.72. The molecule has 0 saturated carbocycles. The van der Waals surface area contributed by atoms with E-state index in [9.17, 15) is 0 Å². The second kappa shape index (κ2) is 21.9. The second-order valence-electron chi connectivity index (χ2n) is 24.7. The zero-order valence-corrected chi connectivity index (χ0v) is 53.7. The zero-order chi connectivity index (χ0) is 58.3. The fourth-order valence-corrected chi connectivity index (χ4v) is 23.4. The van der Waals surface area contributed by atoms with Crippen molar-refractivity contribution >= 4 is 108 Å². The number of para-hydroxylation sites is 3. The maximum Gasteiger partial charge on any atom is 0 e. The molecule has 4 aromatic heterocycles. The Labute approximate surface area is 525 Å². The van der Waals surface area contributed by atoms with Gasteiger partial charge in [0.25, 0.3) is 0 Å². The van der Waals surface area contributed by atoms with Gasteiger partial charge in [0.2, 0.25) is 0 Å². The van der Waals surface area contributed by atoms with Crippen molar-refractivity contribution in [3.8, 4) is 28.4 Å². The normalized spacial score (nSPS) is 12.5. The molecule has 0 bridgehead atoms. The summed E-state index contributed by atoms with van der Waals surface area (Å²) < 4.78 is 17.0. The van der Waals surface area contributed by atoms with Crippen molar-refractivity contribution in [2.45, 2.75) is 52.4 Å². The van der Waals surface area contributed by atoms with E-state index in [1.165, 1.54) is 39.5 Å². The number of rotatable bonds is 9. The van der Waals surface area contributed by atoms with Crippen molar-refractivity contribution in [2.75, 3.05) is 4.90 Å². The zero-order valence-electron chi connectivity index (χ0n) is 49.4. The van der Waals surface area contributed by atoms with Crippen LogP contribution in [0.2, 0.25) is 0 Å². The minimum atomic E-state index is -3.82. The first-order chi connectivity index (χ1) is 41.9. The average Bonchev–Trinajstić information content (AvgIpc) is 1.94. The summed E-state index contributed by atoms with van der Waals surface area (Å²) in [6, 6.07) is 99.0. The standard InChI is InChI=1S/C79H62GeN5O.Pt/c1-78(2,3)54-42-44-82-75(49-54)85-71-38-21-20-34-67(71)68-41-40-60(50-73(68)85)86-61-43-45-81-74(51-61)83-52-84-76-62(35-22-36-69(76)65-32-18-16-30-63(65)64-31-17-19-33-66(64)70-37-23-39-72(83)77(70)84)53-46-55(79(4,5)6)48-59(47-53)80(56-24-10-7-11-25-56,57-26-12-8-13-27-57)58-28-14-9-15-29-58;/h7-49,52H,1-6H3;/q-3;. The van der Waals surface area contributed by atoms with Crippen LogP contribution in [0.25, 0.3) is 82.1 Å². The van der Waals surface area contributed by atoms with E-state index in [-0.39, 0.29) is 31.9 Å². The summed E-state index contributed by atoms with van der Waals surface area (Å²) in [5.74, 6) is 2.50. The Bertz CT molecular complexity index is 4950. The summed E-state index contributed by atoms with van der Waals surface area (Å²) in [7, 11) is 0. The third-order valence-corrected chi connectivity index (χ3v) is 27.4. The van der Waals surface area contributed by atoms with Gasteiger partial charge in [0.1, 0.15) is 5.82 Å². The van der Waals surface area contributed by atoms with Gasteiger partial charge >= 0.3 is 373 Å². The van der Waals surface area contributed by atoms with Crippen LogP contribution in [0.4, 0.5) is 11.5 Å². The number of aromatic nitrogens is 4. The minimum absolute atomic E-state index is 0. The molecule has 0 saturated heterocycles. The molecule has 0 fully saturated rings. The van der Waals surface area contributed by atoms with Gasteiger partial charge in [0, 0.05) is 38.5 Å². The third-order valence-electron chi connectivity index (χ3n) is 17.4. The van der Waals surface area contributed by atoms with Crippen molar-refractivity contribution in [3.05, 3.63) is 291 Å². The van der Waals surface area contributed by atoms with Crippen LogP contribution in [0.15, 0.2) is 261 Å². The molecule has 1 aliphatic rings. The number of nitrogens with zero attached hydrogens (tertiary/aromatic N) is 5. The number of fused-ring (bicyclic) bond motifs is 10. The number of anilines is 2. The largest absolute Gasteiger partial charge is 0 e. The van der Waals surface area contributed by atoms with Crippen molar-refractivity contribution in [1.29, 1.82) is 0 Å². The number of ether oxygens (including phenoxy) is 1. The fraction of sp³-hybridized carbons (Fsp3) is 0.101. The van der Waals surface area contributed by atoms with Crippen LogP contribution in [-0.4, -0.2) is 32.4 Å². The molecule has 0 radical (unpaired) electrons. The molecule has 5 heterocycles. The van der Waals surface area contributed by atoms with E-state index in [0.717, 1.165) is 77.0 Å². The molecule has 0 atom stereocenters. The Balaban J connectivity index is 0.00000667. The molecule has 87 heavy (non-hydrogen) atoms. The Morgan fingerprint density at radius 1 is 0.425 bits per heavy atom. The van der Waals surface area contributed by atoms with Gasteiger partial charge in [0.15, 0.2) is 0 Å². The first-order valence-corrected chi connectivity index (χ1v) is 33.8. The molecule has 15 rings (SSSR count). The van der Waals surface area contributed by atoms with Crippen LogP contribution < -0.4 is 27.2 Å². The van der Waals surface area contributed by atoms with Gasteiger partial charge in [-0.15, -0.1) is 17.5 Å². The molecule has 0 unspecified atom stereocenters. The molecule has 1 aliphatic heterocycles. The van der Waals surface area contributed by atoms with Gasteiger partial charge in [-0.25, -0.2) is 4.98 Å². The van der Waals surface area contributed by atoms with Crippen LogP contribution in [0, 0.1) is 18.8 Å². The van der Waals surface area contributed by atoms with Gasteiger partial charge in [-0.2, -0.15) is 6.07 Å². The van der Waals surface area contributed by atoms with Gasteiger partial charge in [-0.05, 0) is 34.6 Å². The minimum Gasteiger partial charge on any atom is 0 e. The monoisotopic (exact) mass is 1370 g/mol. The van der Waals surface area contributed by atoms with Crippen LogP contribution in [0.1, 0.15) is 52.7 Å². The number of pyridine rings is 2. The molecule has 0 amide bonds. The molecular weight excluding hydrogens is 1300 g/mol. The first-order valence-electron chi connectivity index (χ1n) is 29.6. The van der Waals surface area contributed by atoms with Gasteiger partial charge in [-0.3, -0.25) is 0 Å². The van der Waals surface area contributed by atoms with Crippen LogP contribution in [0.3, 0.4) is 0 Å². The summed E-state index contributed by atoms with van der Waals surface area (Å²) in [5, 5.41) is 9.07. The number of benzene rings is 10. The van der Waals surface area contributed by atoms with E-state index in [0.29, 0.717) is 17.3 Å². The average molecular weight is 1370 g/mol. The van der Waals surface area contributed by atoms with Crippen molar-refractivity contribution in [2.24, 2.45) is 0 Å². The molecule has 6 nitrogen and oxygen atoms in total. The maximum atomic E-state index is 6.84. The summed E-state index contributed by atoms with van der Waals surface area (Å²) in [5.41, 5.74) is 9.56. The molecule has 0 aliphatic carbocycles. The molecule has 14 aromatic rings. The summed E-state index contributed by atoms with van der Waals surface area (Å²) in [4.78, 5) is 12.2. The predicted molar refractivity (Wildman–Crippen MR) is 361 cm³/mol. The van der Waals surface area contributed by atoms with Crippen LogP contribution in [0.5, 0.6) is 11.5 Å². The maximum absolute atomic E-state index is 6.84. The van der Waals surface area contributed by atoms with E-state index < -0.39 is 13.3 Å². The Hall–Kier alpha value is -9.20. The fourth-order valence-electron chi connectivity index (χ4n) is 13.3. The number of hydrogen-bond acceptors (Lipinski definition) is 4. The van der Waals surface area contributed by atoms with Crippen molar-refractivity contribution in [3.63, 3.8) is 0 Å². The van der Waals surface area contributed by atoms with Crippen LogP contribution >= 0.6 is 0 Å². The summed E-state index contributed by atoms with van der Waals surface area (Å²) >= 11 is -3.82. The van der Waals surface area contributed by atoms with Crippen LogP contribution in [-0.2, 0) is 31.9 Å². The second-order valence-corrected chi connectivity index (χ2v) is 32.7. The van der Waals surface area contributed by atoms with E-state index in [4.69, 9.17) is 14.7 Å². The SMILES string of the molecule is CC(C)(C)c1cc(-c2cccc3c4ccccc4c4ccccc4c4cccc5c4n(c23)[CH-]N5c2[c-]c(Oc3[c-]c4c(cc3)c3ccccc3n4-c3cc(C(C)(C)C)ccn3)ccn2)c[c]([Ge]([c]2ccccc2)([c]2ccccc2)[c]2ccccc2)c1.[Pt]. The van der Waals surface area contributed by atoms with E-state index >= 15 is 0 Å². The van der Waals surface area contributed by atoms with Gasteiger partial charge in [0.05, 0.1) is 0 Å². The molecule has 0 N–H and O–H groups in total. The molecule has 8 heteroatoms. The van der Waals surface area contributed by atoms with E-state index in [1.54, 1.807) is 0 Å². The molecule has 10 aromatic carbocycles. The third kappa shape index (κ3) is 9.49. The van der Waals surface area contributed by atoms with Gasteiger partial charge in [-0.1, -0.05) is 44.5 Å². The van der Waals surface area contributed by atoms with E-state index in [1.807, 2.05) is 24.5 Å². The van der Waals surface area contributed by atoms with Crippen molar-refractivity contribution in [1.82, 2.24) is 19.1 Å². The van der Waals surface area contributed by atoms with Gasteiger partial charge < -0.3 is 4.57 Å². The van der Waals surface area contributed by atoms with Crippen molar-refractivity contribution < 1.29 is 25.8 Å². The molecule has 426 valence electrons. The Morgan fingerprint density at radius 3 is 1.57 bits per heavy atom. The smallest absolute Gasteiger partial charge is 0 e. The summed E-state index contributed by atoms with van der Waals surface area (Å²) in [6.45, 7) is 16.0. The predicted octanol–water partition coefficient (Wildman–Crippen LogP) is 17.3. The van der Waals surface area contributed by atoms with E-state index in [2.05, 4.69) is 311 Å². The Morgan fingerprint density at radius 2 is 0.954 bits per heavy atom. The molecule has 0 spiro atoms. The topological polar surface area (TPSA) is 48.1 Å².